The smallest absolute Gasteiger partial charge is 0.272 e. The molecule has 0 aliphatic heterocycles. The number of aryl methyl sites for hydroxylation is 1. The number of rotatable bonds is 6. The van der Waals surface area contributed by atoms with Gasteiger partial charge in [0.05, 0.1) is 11.0 Å². The normalized spacial score (nSPS) is 10.6. The Morgan fingerprint density at radius 2 is 1.67 bits per heavy atom. The number of benzene rings is 2. The molecule has 2 rings (SSSR count). The van der Waals surface area contributed by atoms with Crippen LogP contribution in [0.5, 0.6) is 0 Å². The monoisotopic (exact) mass is 288 g/mol. The van der Waals surface area contributed by atoms with Crippen LogP contribution < -0.4 is 5.32 Å². The van der Waals surface area contributed by atoms with Crippen molar-refractivity contribution in [1.82, 2.24) is 5.32 Å². The summed E-state index contributed by atoms with van der Waals surface area (Å²) in [7, 11) is 0. The number of non-ortho nitro benzene ring substituents is 1. The summed E-state index contributed by atoms with van der Waals surface area (Å²) in [6.07, 6.45) is 1.00. The molecule has 0 atom stereocenters. The van der Waals surface area contributed by atoms with Gasteiger partial charge in [-0.1, -0.05) is 31.2 Å². The van der Waals surface area contributed by atoms with E-state index in [1.54, 1.807) is 0 Å². The zero-order chi connectivity index (χ0) is 15.2. The molecule has 4 nitrogen and oxygen atoms in total. The molecule has 0 aliphatic rings. The molecule has 2 aromatic carbocycles. The minimum Gasteiger partial charge on any atom is -0.309 e. The number of nitro groups is 1. The Balaban J connectivity index is 1.95. The van der Waals surface area contributed by atoms with Crippen LogP contribution in [-0.2, 0) is 19.5 Å². The highest BCUT2D eigenvalue weighted by atomic mass is 19.1. The highest BCUT2D eigenvalue weighted by Gasteiger charge is 2.09. The molecule has 0 bridgehead atoms. The summed E-state index contributed by atoms with van der Waals surface area (Å²) in [6, 6.07) is 11.8. The highest BCUT2D eigenvalue weighted by Crippen LogP contribution is 2.16. The van der Waals surface area contributed by atoms with Crippen molar-refractivity contribution in [3.63, 3.8) is 0 Å². The Bertz CT molecular complexity index is 627. The van der Waals surface area contributed by atoms with E-state index in [-0.39, 0.29) is 5.69 Å². The Hall–Kier alpha value is -2.27. The largest absolute Gasteiger partial charge is 0.309 e. The summed E-state index contributed by atoms with van der Waals surface area (Å²) in [5.74, 6) is -0.590. The fourth-order valence-electron chi connectivity index (χ4n) is 2.08. The van der Waals surface area contributed by atoms with E-state index in [1.807, 2.05) is 12.1 Å². The van der Waals surface area contributed by atoms with Gasteiger partial charge in [-0.2, -0.15) is 0 Å². The van der Waals surface area contributed by atoms with E-state index in [4.69, 9.17) is 0 Å². The van der Waals surface area contributed by atoms with Crippen LogP contribution in [0.1, 0.15) is 23.6 Å². The van der Waals surface area contributed by atoms with Crippen molar-refractivity contribution in [2.75, 3.05) is 0 Å². The van der Waals surface area contributed by atoms with Crippen molar-refractivity contribution in [3.8, 4) is 0 Å². The maximum atomic E-state index is 13.3. The van der Waals surface area contributed by atoms with Gasteiger partial charge < -0.3 is 5.32 Å². The molecule has 110 valence electrons. The van der Waals surface area contributed by atoms with Crippen LogP contribution in [0.2, 0.25) is 0 Å². The lowest BCUT2D eigenvalue weighted by Gasteiger charge is -2.06. The summed E-state index contributed by atoms with van der Waals surface area (Å²) >= 11 is 0. The van der Waals surface area contributed by atoms with Gasteiger partial charge in [0.25, 0.3) is 5.69 Å². The number of halogens is 1. The van der Waals surface area contributed by atoms with Gasteiger partial charge in [-0.3, -0.25) is 10.1 Å². The van der Waals surface area contributed by atoms with Crippen molar-refractivity contribution >= 4 is 5.69 Å². The van der Waals surface area contributed by atoms with E-state index in [2.05, 4.69) is 24.4 Å². The molecule has 2 aromatic rings. The van der Waals surface area contributed by atoms with Gasteiger partial charge in [0.2, 0.25) is 0 Å². The molecule has 0 unspecified atom stereocenters. The maximum absolute atomic E-state index is 13.3. The first-order chi connectivity index (χ1) is 10.1. The van der Waals surface area contributed by atoms with Crippen molar-refractivity contribution < 1.29 is 9.31 Å². The van der Waals surface area contributed by atoms with Crippen LogP contribution in [0, 0.1) is 15.9 Å². The van der Waals surface area contributed by atoms with E-state index >= 15 is 0 Å². The third kappa shape index (κ3) is 4.36. The average Bonchev–Trinajstić information content (AvgIpc) is 2.47. The molecule has 21 heavy (non-hydrogen) atoms. The van der Waals surface area contributed by atoms with Crippen LogP contribution >= 0.6 is 0 Å². The van der Waals surface area contributed by atoms with Gasteiger partial charge in [-0.15, -0.1) is 0 Å². The van der Waals surface area contributed by atoms with Gasteiger partial charge >= 0.3 is 0 Å². The SMILES string of the molecule is CCc1ccc(CNCc2cc(F)cc([N+](=O)[O-])c2)cc1. The van der Waals surface area contributed by atoms with Crippen LogP contribution in [0.4, 0.5) is 10.1 Å². The van der Waals surface area contributed by atoms with Crippen molar-refractivity contribution in [2.24, 2.45) is 0 Å². The second kappa shape index (κ2) is 6.95. The van der Waals surface area contributed by atoms with Gasteiger partial charge in [0, 0.05) is 19.2 Å². The Morgan fingerprint density at radius 3 is 2.29 bits per heavy atom. The predicted molar refractivity (Wildman–Crippen MR) is 79.4 cm³/mol. The quantitative estimate of drug-likeness (QED) is 0.653. The lowest BCUT2D eigenvalue weighted by Crippen LogP contribution is -2.13. The minimum absolute atomic E-state index is 0.223. The summed E-state index contributed by atoms with van der Waals surface area (Å²) in [5, 5.41) is 13.8. The minimum atomic E-state index is -0.590. The Labute approximate surface area is 122 Å². The first-order valence-electron chi connectivity index (χ1n) is 6.81. The lowest BCUT2D eigenvalue weighted by molar-refractivity contribution is -0.385. The van der Waals surface area contributed by atoms with Gasteiger partial charge in [0.15, 0.2) is 0 Å². The Kier molecular flexibility index (Phi) is 5.00. The maximum Gasteiger partial charge on any atom is 0.272 e. The predicted octanol–water partition coefficient (Wildman–Crippen LogP) is 3.59. The van der Waals surface area contributed by atoms with Crippen LogP contribution in [0.25, 0.3) is 0 Å². The summed E-state index contributed by atoms with van der Waals surface area (Å²) < 4.78 is 13.3. The van der Waals surface area contributed by atoms with Crippen molar-refractivity contribution in [2.45, 2.75) is 26.4 Å². The third-order valence-corrected chi connectivity index (χ3v) is 3.24. The molecule has 0 heterocycles. The zero-order valence-corrected chi connectivity index (χ0v) is 11.8. The molecule has 0 fully saturated rings. The molecule has 0 aliphatic carbocycles. The van der Waals surface area contributed by atoms with Gasteiger partial charge in [0.1, 0.15) is 5.82 Å². The molecule has 0 spiro atoms. The van der Waals surface area contributed by atoms with Gasteiger partial charge in [-0.25, -0.2) is 4.39 Å². The average molecular weight is 288 g/mol. The van der Waals surface area contributed by atoms with Crippen LogP contribution in [-0.4, -0.2) is 4.92 Å². The first kappa shape index (κ1) is 15.1. The summed E-state index contributed by atoms with van der Waals surface area (Å²) in [5.41, 5.74) is 2.74. The molecule has 5 heteroatoms. The molecular formula is C16H17FN2O2. The molecular weight excluding hydrogens is 271 g/mol. The number of nitrogens with zero attached hydrogens (tertiary/aromatic N) is 1. The molecule has 0 aromatic heterocycles. The lowest BCUT2D eigenvalue weighted by atomic mass is 10.1. The molecule has 0 amide bonds. The first-order valence-corrected chi connectivity index (χ1v) is 6.81. The number of hydrogen-bond donors (Lipinski definition) is 1. The fourth-order valence-corrected chi connectivity index (χ4v) is 2.08. The number of nitro benzene ring substituents is 1. The fraction of sp³-hybridized carbons (Fsp3) is 0.250. The van der Waals surface area contributed by atoms with Crippen LogP contribution in [0.15, 0.2) is 42.5 Å². The standard InChI is InChI=1S/C16H17FN2O2/c1-2-12-3-5-13(6-4-12)10-18-11-14-7-15(17)9-16(8-14)19(20)21/h3-9,18H,2,10-11H2,1H3. The number of nitrogens with one attached hydrogen (secondary N) is 1. The molecule has 0 saturated carbocycles. The second-order valence-electron chi connectivity index (χ2n) is 4.85. The van der Waals surface area contributed by atoms with Crippen molar-refractivity contribution in [1.29, 1.82) is 0 Å². The number of hydrogen-bond acceptors (Lipinski definition) is 3. The van der Waals surface area contributed by atoms with E-state index in [1.165, 1.54) is 17.7 Å². The highest BCUT2D eigenvalue weighted by molar-refractivity contribution is 5.35. The Morgan fingerprint density at radius 1 is 1.05 bits per heavy atom. The third-order valence-electron chi connectivity index (χ3n) is 3.24. The van der Waals surface area contributed by atoms with E-state index < -0.39 is 10.7 Å². The molecule has 1 N–H and O–H groups in total. The van der Waals surface area contributed by atoms with Crippen LogP contribution in [0.3, 0.4) is 0 Å². The van der Waals surface area contributed by atoms with E-state index in [0.29, 0.717) is 18.7 Å². The summed E-state index contributed by atoms with van der Waals surface area (Å²) in [6.45, 7) is 3.12. The molecule has 0 radical (unpaired) electrons. The second-order valence-corrected chi connectivity index (χ2v) is 4.85. The topological polar surface area (TPSA) is 55.2 Å². The summed E-state index contributed by atoms with van der Waals surface area (Å²) in [4.78, 5) is 10.1. The zero-order valence-electron chi connectivity index (χ0n) is 11.8. The van der Waals surface area contributed by atoms with Gasteiger partial charge in [-0.05, 0) is 29.2 Å². The van der Waals surface area contributed by atoms with E-state index in [0.717, 1.165) is 18.1 Å². The molecule has 0 saturated heterocycles. The van der Waals surface area contributed by atoms with E-state index in [9.17, 15) is 14.5 Å². The van der Waals surface area contributed by atoms with Crippen molar-refractivity contribution in [3.05, 3.63) is 75.1 Å².